The molecule has 4 rings (SSSR count). The molecule has 2 unspecified atom stereocenters. The van der Waals surface area contributed by atoms with Crippen LogP contribution in [0.25, 0.3) is 0 Å². The van der Waals surface area contributed by atoms with Gasteiger partial charge in [0.2, 0.25) is 5.91 Å². The number of rotatable bonds is 4. The number of halogens is 1. The van der Waals surface area contributed by atoms with E-state index in [-0.39, 0.29) is 0 Å². The van der Waals surface area contributed by atoms with E-state index in [1.54, 1.807) is 30.5 Å². The van der Waals surface area contributed by atoms with E-state index in [1.165, 1.54) is 0 Å². The molecule has 2 heterocycles. The first-order chi connectivity index (χ1) is 12.7. The van der Waals surface area contributed by atoms with Gasteiger partial charge in [0.05, 0.1) is 6.04 Å². The first-order valence-electron chi connectivity index (χ1n) is 8.48. The molecule has 1 aliphatic rings. The fourth-order valence-electron chi connectivity index (χ4n) is 3.61. The van der Waals surface area contributed by atoms with E-state index < -0.39 is 18.1 Å². The first kappa shape index (κ1) is 16.3. The third kappa shape index (κ3) is 2.71. The van der Waals surface area contributed by atoms with Crippen LogP contribution in [0, 0.1) is 0 Å². The van der Waals surface area contributed by atoms with Gasteiger partial charge < -0.3 is 10.6 Å². The second-order valence-corrected chi connectivity index (χ2v) is 6.31. The summed E-state index contributed by atoms with van der Waals surface area (Å²) in [6.45, 7) is 0. The van der Waals surface area contributed by atoms with Gasteiger partial charge in [-0.2, -0.15) is 0 Å². The maximum atomic E-state index is 15.5. The van der Waals surface area contributed by atoms with Gasteiger partial charge in [-0.15, -0.1) is 0 Å². The van der Waals surface area contributed by atoms with Crippen molar-refractivity contribution in [1.29, 1.82) is 0 Å². The summed E-state index contributed by atoms with van der Waals surface area (Å²) < 4.78 is 15.5. The Morgan fingerprint density at radius 2 is 1.85 bits per heavy atom. The number of nitrogens with two attached hydrogens (primary N) is 1. The van der Waals surface area contributed by atoms with E-state index in [2.05, 4.69) is 4.98 Å². The quantitative estimate of drug-likeness (QED) is 0.777. The highest BCUT2D eigenvalue weighted by Crippen LogP contribution is 2.44. The number of hydrogen-bond donors (Lipinski definition) is 1. The van der Waals surface area contributed by atoms with Crippen molar-refractivity contribution in [2.24, 2.45) is 5.73 Å². The van der Waals surface area contributed by atoms with Crippen LogP contribution in [0.1, 0.15) is 27.7 Å². The molecule has 130 valence electrons. The molecule has 3 aromatic rings. The zero-order chi connectivity index (χ0) is 18.1. The van der Waals surface area contributed by atoms with Gasteiger partial charge in [-0.1, -0.05) is 42.5 Å². The first-order valence-corrected chi connectivity index (χ1v) is 8.48. The topological polar surface area (TPSA) is 59.2 Å². The third-order valence-electron chi connectivity index (χ3n) is 4.77. The van der Waals surface area contributed by atoms with Crippen molar-refractivity contribution in [3.05, 3.63) is 89.6 Å². The zero-order valence-electron chi connectivity index (χ0n) is 14.0. The number of aromatic nitrogens is 1. The number of pyridine rings is 1. The Morgan fingerprint density at radius 3 is 2.54 bits per heavy atom. The second-order valence-electron chi connectivity index (χ2n) is 6.31. The minimum absolute atomic E-state index is 0.390. The summed E-state index contributed by atoms with van der Waals surface area (Å²) in [6.07, 6.45) is 0.838. The van der Waals surface area contributed by atoms with Crippen LogP contribution in [0.4, 0.5) is 15.9 Å². The average molecular weight is 347 g/mol. The van der Waals surface area contributed by atoms with Crippen molar-refractivity contribution >= 4 is 17.4 Å². The third-order valence-corrected chi connectivity index (χ3v) is 4.77. The molecule has 2 N–H and O–H groups in total. The average Bonchev–Trinajstić information content (AvgIpc) is 3.08. The molecule has 4 nitrogen and oxygen atoms in total. The predicted octanol–water partition coefficient (Wildman–Crippen LogP) is 3.95. The molecule has 0 fully saturated rings. The molecule has 5 heteroatoms. The molecule has 0 radical (unpaired) electrons. The van der Waals surface area contributed by atoms with Crippen LogP contribution in [0.3, 0.4) is 0 Å². The lowest BCUT2D eigenvalue weighted by molar-refractivity contribution is 0.0999. The molecule has 0 aliphatic carbocycles. The number of fused-ring (bicyclic) bond motifs is 1. The molecule has 1 aromatic heterocycles. The van der Waals surface area contributed by atoms with Gasteiger partial charge in [-0.25, -0.2) is 9.37 Å². The lowest BCUT2D eigenvalue weighted by Crippen LogP contribution is -2.32. The zero-order valence-corrected chi connectivity index (χ0v) is 14.0. The van der Waals surface area contributed by atoms with Crippen molar-refractivity contribution in [3.63, 3.8) is 0 Å². The maximum absolute atomic E-state index is 15.5. The standard InChI is InChI=1S/C21H18FN3O/c22-20(14-7-2-1-3-8-14)18-13-16-15(21(23)26)9-6-10-17(16)25(18)19-11-4-5-12-24-19/h1-12,18,20H,13H2,(H2,23,26). The Kier molecular flexibility index (Phi) is 4.13. The number of carbonyl (C=O) groups is 1. The fourth-order valence-corrected chi connectivity index (χ4v) is 3.61. The van der Waals surface area contributed by atoms with Crippen molar-refractivity contribution in [3.8, 4) is 0 Å². The van der Waals surface area contributed by atoms with Gasteiger partial charge in [-0.05, 0) is 41.8 Å². The Balaban J connectivity index is 1.84. The van der Waals surface area contributed by atoms with Gasteiger partial charge in [-0.3, -0.25) is 4.79 Å². The number of hydrogen-bond acceptors (Lipinski definition) is 3. The van der Waals surface area contributed by atoms with Gasteiger partial charge >= 0.3 is 0 Å². The summed E-state index contributed by atoms with van der Waals surface area (Å²) in [5.74, 6) is 0.148. The molecule has 0 saturated carbocycles. The highest BCUT2D eigenvalue weighted by molar-refractivity contribution is 5.97. The van der Waals surface area contributed by atoms with E-state index in [0.29, 0.717) is 23.4 Å². The molecule has 26 heavy (non-hydrogen) atoms. The van der Waals surface area contributed by atoms with Gasteiger partial charge in [0.15, 0.2) is 0 Å². The SMILES string of the molecule is NC(=O)c1cccc2c1CC(C(F)c1ccccc1)N2c1ccccn1. The summed E-state index contributed by atoms with van der Waals surface area (Å²) in [5, 5.41) is 0. The van der Waals surface area contributed by atoms with Crippen LogP contribution < -0.4 is 10.6 Å². The van der Waals surface area contributed by atoms with E-state index in [9.17, 15) is 4.79 Å². The number of alkyl halides is 1. The molecular weight excluding hydrogens is 329 g/mol. The van der Waals surface area contributed by atoms with E-state index in [0.717, 1.165) is 11.3 Å². The number of anilines is 2. The van der Waals surface area contributed by atoms with E-state index >= 15 is 4.39 Å². The summed E-state index contributed by atoms with van der Waals surface area (Å²) in [5.41, 5.74) is 8.13. The van der Waals surface area contributed by atoms with Crippen molar-refractivity contribution in [2.75, 3.05) is 4.90 Å². The highest BCUT2D eigenvalue weighted by atomic mass is 19.1. The number of primary amides is 1. The summed E-state index contributed by atoms with van der Waals surface area (Å²) in [6, 6.07) is 19.4. The highest BCUT2D eigenvalue weighted by Gasteiger charge is 2.39. The Bertz CT molecular complexity index is 931. The van der Waals surface area contributed by atoms with Crippen molar-refractivity contribution in [1.82, 2.24) is 4.98 Å². The van der Waals surface area contributed by atoms with E-state index in [4.69, 9.17) is 5.73 Å². The van der Waals surface area contributed by atoms with Crippen LogP contribution in [0.5, 0.6) is 0 Å². The largest absolute Gasteiger partial charge is 0.366 e. The molecule has 0 saturated heterocycles. The smallest absolute Gasteiger partial charge is 0.249 e. The van der Waals surface area contributed by atoms with Crippen LogP contribution in [-0.2, 0) is 6.42 Å². The lowest BCUT2D eigenvalue weighted by atomic mass is 9.97. The maximum Gasteiger partial charge on any atom is 0.249 e. The summed E-state index contributed by atoms with van der Waals surface area (Å²) >= 11 is 0. The summed E-state index contributed by atoms with van der Waals surface area (Å²) in [7, 11) is 0. The molecule has 2 atom stereocenters. The minimum Gasteiger partial charge on any atom is -0.366 e. The van der Waals surface area contributed by atoms with Crippen LogP contribution >= 0.6 is 0 Å². The number of carbonyl (C=O) groups excluding carboxylic acids is 1. The van der Waals surface area contributed by atoms with Gasteiger partial charge in [0, 0.05) is 17.4 Å². The monoisotopic (exact) mass is 347 g/mol. The lowest BCUT2D eigenvalue weighted by Gasteiger charge is -2.29. The number of benzene rings is 2. The van der Waals surface area contributed by atoms with Crippen molar-refractivity contribution < 1.29 is 9.18 Å². The fraction of sp³-hybridized carbons (Fsp3) is 0.143. The van der Waals surface area contributed by atoms with Crippen molar-refractivity contribution in [2.45, 2.75) is 18.6 Å². The molecule has 0 bridgehead atoms. The van der Waals surface area contributed by atoms with E-state index in [1.807, 2.05) is 47.4 Å². The minimum atomic E-state index is -1.23. The molecule has 1 amide bonds. The van der Waals surface area contributed by atoms with Gasteiger partial charge in [0.25, 0.3) is 0 Å². The Labute approximate surface area is 151 Å². The Hall–Kier alpha value is -3.21. The van der Waals surface area contributed by atoms with Crippen LogP contribution in [0.15, 0.2) is 72.9 Å². The molecule has 2 aromatic carbocycles. The number of nitrogens with zero attached hydrogens (tertiary/aromatic N) is 2. The predicted molar refractivity (Wildman–Crippen MR) is 99.1 cm³/mol. The van der Waals surface area contributed by atoms with Gasteiger partial charge in [0.1, 0.15) is 12.0 Å². The number of amides is 1. The van der Waals surface area contributed by atoms with Crippen LogP contribution in [0.2, 0.25) is 0 Å². The molecule has 1 aliphatic heterocycles. The molecular formula is C21H18FN3O. The summed E-state index contributed by atoms with van der Waals surface area (Å²) in [4.78, 5) is 18.1. The second kappa shape index (κ2) is 6.59. The molecule has 0 spiro atoms. The Morgan fingerprint density at radius 1 is 1.08 bits per heavy atom. The van der Waals surface area contributed by atoms with Crippen LogP contribution in [-0.4, -0.2) is 16.9 Å². The normalized spacial score (nSPS) is 17.0.